The summed E-state index contributed by atoms with van der Waals surface area (Å²) in [7, 11) is -1.86. The number of aromatic nitrogens is 3. The van der Waals surface area contributed by atoms with Crippen molar-refractivity contribution in [3.8, 4) is 0 Å². The van der Waals surface area contributed by atoms with E-state index in [1.807, 2.05) is 45.0 Å². The molecule has 0 fully saturated rings. The van der Waals surface area contributed by atoms with E-state index in [0.29, 0.717) is 43.9 Å². The number of ether oxygens (including phenoxy) is 1. The Hall–Kier alpha value is -2.27. The van der Waals surface area contributed by atoms with Crippen molar-refractivity contribution in [2.75, 3.05) is 26.0 Å². The molecule has 0 bridgehead atoms. The molecule has 31 heavy (non-hydrogen) atoms. The average Bonchev–Trinajstić information content (AvgIpc) is 3.03. The lowest BCUT2D eigenvalue weighted by Gasteiger charge is -2.20. The zero-order valence-electron chi connectivity index (χ0n) is 18.6. The second-order valence-corrected chi connectivity index (χ2v) is 10.1. The maximum atomic E-state index is 12.1. The van der Waals surface area contributed by atoms with Crippen LogP contribution in [0, 0.1) is 0 Å². The first-order chi connectivity index (χ1) is 14.6. The van der Waals surface area contributed by atoms with Crippen LogP contribution in [-0.4, -0.2) is 48.8 Å². The van der Waals surface area contributed by atoms with Gasteiger partial charge in [-0.2, -0.15) is 13.1 Å². The van der Waals surface area contributed by atoms with Crippen LogP contribution in [0.2, 0.25) is 0 Å². The fraction of sp³-hybridized carbons (Fsp3) is 0.524. The zero-order valence-corrected chi connectivity index (χ0v) is 19.4. The van der Waals surface area contributed by atoms with Gasteiger partial charge in [-0.1, -0.05) is 18.2 Å². The van der Waals surface area contributed by atoms with Crippen molar-refractivity contribution < 1.29 is 13.2 Å². The molecule has 0 aliphatic rings. The van der Waals surface area contributed by atoms with Crippen molar-refractivity contribution in [2.45, 2.75) is 52.1 Å². The molecular weight excluding hydrogens is 416 g/mol. The van der Waals surface area contributed by atoms with Crippen LogP contribution in [0.15, 0.2) is 24.3 Å². The molecule has 0 spiro atoms. The topological polar surface area (TPSA) is 124 Å². The van der Waals surface area contributed by atoms with E-state index in [2.05, 4.69) is 19.0 Å². The number of rotatable bonds is 10. The van der Waals surface area contributed by atoms with Crippen LogP contribution >= 0.6 is 0 Å². The Morgan fingerprint density at radius 2 is 1.90 bits per heavy atom. The number of pyridine rings is 1. The van der Waals surface area contributed by atoms with Crippen LogP contribution in [0.25, 0.3) is 21.9 Å². The van der Waals surface area contributed by atoms with Gasteiger partial charge in [0.15, 0.2) is 5.82 Å². The smallest absolute Gasteiger partial charge is 0.277 e. The zero-order chi connectivity index (χ0) is 22.6. The number of nitrogens with two attached hydrogens (primary N) is 1. The van der Waals surface area contributed by atoms with Gasteiger partial charge >= 0.3 is 0 Å². The van der Waals surface area contributed by atoms with E-state index >= 15 is 0 Å². The van der Waals surface area contributed by atoms with Gasteiger partial charge in [0.2, 0.25) is 0 Å². The highest BCUT2D eigenvalue weighted by Gasteiger charge is 2.19. The Balaban J connectivity index is 1.79. The lowest BCUT2D eigenvalue weighted by Crippen LogP contribution is -2.47. The van der Waals surface area contributed by atoms with E-state index in [0.717, 1.165) is 28.7 Å². The molecule has 0 atom stereocenters. The lowest BCUT2D eigenvalue weighted by atomic mass is 10.1. The molecule has 3 rings (SSSR count). The summed E-state index contributed by atoms with van der Waals surface area (Å²) < 4.78 is 36.8. The van der Waals surface area contributed by atoms with Crippen molar-refractivity contribution in [1.29, 1.82) is 0 Å². The summed E-state index contributed by atoms with van der Waals surface area (Å²) in [5.74, 6) is 1.30. The number of anilines is 1. The summed E-state index contributed by atoms with van der Waals surface area (Å²) in [6.07, 6.45) is 2.12. The number of nitrogens with one attached hydrogen (secondary N) is 2. The fourth-order valence-corrected chi connectivity index (χ4v) is 4.86. The van der Waals surface area contributed by atoms with Crippen molar-refractivity contribution in [2.24, 2.45) is 0 Å². The van der Waals surface area contributed by atoms with E-state index in [1.54, 1.807) is 7.11 Å². The van der Waals surface area contributed by atoms with Gasteiger partial charge in [-0.15, -0.1) is 0 Å². The van der Waals surface area contributed by atoms with Crippen LogP contribution in [0.5, 0.6) is 0 Å². The van der Waals surface area contributed by atoms with Gasteiger partial charge in [-0.05, 0) is 39.7 Å². The quantitative estimate of drug-likeness (QED) is 0.409. The first-order valence-corrected chi connectivity index (χ1v) is 11.9. The third-order valence-electron chi connectivity index (χ3n) is 4.76. The van der Waals surface area contributed by atoms with Crippen molar-refractivity contribution in [3.05, 3.63) is 30.1 Å². The van der Waals surface area contributed by atoms with Gasteiger partial charge < -0.3 is 15.0 Å². The second kappa shape index (κ2) is 9.47. The molecule has 170 valence electrons. The molecule has 2 heterocycles. The molecule has 2 aromatic heterocycles. The van der Waals surface area contributed by atoms with E-state index in [1.165, 1.54) is 0 Å². The van der Waals surface area contributed by atoms with E-state index in [4.69, 9.17) is 15.5 Å². The molecule has 0 amide bonds. The number of nitrogen functional groups attached to an aromatic ring is 1. The Morgan fingerprint density at radius 3 is 2.61 bits per heavy atom. The molecule has 4 N–H and O–H groups in total. The number of benzene rings is 1. The van der Waals surface area contributed by atoms with Crippen LogP contribution in [-0.2, 0) is 27.9 Å². The summed E-state index contributed by atoms with van der Waals surface area (Å²) in [4.78, 5) is 9.24. The third-order valence-corrected chi connectivity index (χ3v) is 6.23. The molecule has 9 nitrogen and oxygen atoms in total. The molecule has 1 aromatic carbocycles. The predicted molar refractivity (Wildman–Crippen MR) is 124 cm³/mol. The van der Waals surface area contributed by atoms with Crippen LogP contribution in [0.3, 0.4) is 0 Å². The maximum absolute atomic E-state index is 12.1. The molecule has 0 radical (unpaired) electrons. The number of fused-ring (bicyclic) bond motifs is 3. The highest BCUT2D eigenvalue weighted by Crippen LogP contribution is 2.29. The Bertz CT molecular complexity index is 1150. The molecule has 0 saturated carbocycles. The van der Waals surface area contributed by atoms with Crippen LogP contribution in [0.1, 0.15) is 39.4 Å². The minimum Gasteiger partial charge on any atom is -0.384 e. The molecule has 3 aromatic rings. The molecule has 0 saturated heterocycles. The van der Waals surface area contributed by atoms with E-state index in [-0.39, 0.29) is 0 Å². The number of nitrogens with zero attached hydrogens (tertiary/aromatic N) is 3. The van der Waals surface area contributed by atoms with E-state index < -0.39 is 15.7 Å². The van der Waals surface area contributed by atoms with Crippen molar-refractivity contribution >= 4 is 38.0 Å². The van der Waals surface area contributed by atoms with Crippen LogP contribution < -0.4 is 15.2 Å². The summed E-state index contributed by atoms with van der Waals surface area (Å²) in [6.45, 7) is 7.02. The summed E-state index contributed by atoms with van der Waals surface area (Å²) in [5, 5.41) is 0.998. The Kier molecular flexibility index (Phi) is 7.15. The Labute approximate surface area is 183 Å². The Morgan fingerprint density at radius 1 is 1.16 bits per heavy atom. The van der Waals surface area contributed by atoms with Crippen LogP contribution in [0.4, 0.5) is 5.82 Å². The van der Waals surface area contributed by atoms with Crippen molar-refractivity contribution in [1.82, 2.24) is 24.0 Å². The largest absolute Gasteiger partial charge is 0.384 e. The number of methoxy groups -OCH3 is 1. The maximum Gasteiger partial charge on any atom is 0.277 e. The molecule has 0 aliphatic heterocycles. The summed E-state index contributed by atoms with van der Waals surface area (Å²) >= 11 is 0. The van der Waals surface area contributed by atoms with Crippen molar-refractivity contribution in [3.63, 3.8) is 0 Å². The van der Waals surface area contributed by atoms with Gasteiger partial charge in [0.1, 0.15) is 11.3 Å². The second-order valence-electron chi connectivity index (χ2n) is 8.59. The molecule has 0 unspecified atom stereocenters. The summed E-state index contributed by atoms with van der Waals surface area (Å²) in [6, 6.07) is 7.87. The third kappa shape index (κ3) is 5.91. The summed E-state index contributed by atoms with van der Waals surface area (Å²) in [5.41, 5.74) is 8.17. The monoisotopic (exact) mass is 448 g/mol. The number of aryl methyl sites for hydroxylation is 1. The SMILES string of the molecule is COCCc1nc2c(N)nc3ccccc3c2n1CCCCNS(=O)(=O)NC(C)(C)C. The first kappa shape index (κ1) is 23.4. The number of para-hydroxylation sites is 1. The fourth-order valence-electron chi connectivity index (χ4n) is 3.57. The standard InChI is InChI=1S/C21H32N6O3S/c1-21(2,3)26-31(28,29)23-12-7-8-13-27-17(11-14-30-4)25-18-19(27)15-9-5-6-10-16(15)24-20(18)22/h5-6,9-10,23,26H,7-8,11-14H2,1-4H3,(H2,22,24). The minimum atomic E-state index is -3.52. The molecular formula is C21H32N6O3S. The first-order valence-electron chi connectivity index (χ1n) is 10.4. The van der Waals surface area contributed by atoms with E-state index in [9.17, 15) is 8.42 Å². The minimum absolute atomic E-state index is 0.357. The number of unbranched alkanes of at least 4 members (excludes halogenated alkanes) is 1. The molecule has 10 heteroatoms. The predicted octanol–water partition coefficient (Wildman–Crippen LogP) is 2.36. The van der Waals surface area contributed by atoms with Gasteiger partial charge in [0.05, 0.1) is 17.6 Å². The highest BCUT2D eigenvalue weighted by molar-refractivity contribution is 7.87. The van der Waals surface area contributed by atoms with Gasteiger partial charge in [0, 0.05) is 37.5 Å². The molecule has 0 aliphatic carbocycles. The number of hydrogen-bond acceptors (Lipinski definition) is 6. The number of hydrogen-bond donors (Lipinski definition) is 3. The lowest BCUT2D eigenvalue weighted by molar-refractivity contribution is 0.199. The van der Waals surface area contributed by atoms with Gasteiger partial charge in [-0.25, -0.2) is 14.7 Å². The van der Waals surface area contributed by atoms with Gasteiger partial charge in [-0.3, -0.25) is 0 Å². The normalized spacial score (nSPS) is 12.8. The highest BCUT2D eigenvalue weighted by atomic mass is 32.2. The number of imidazole rings is 1. The van der Waals surface area contributed by atoms with Gasteiger partial charge in [0.25, 0.3) is 10.2 Å². The average molecular weight is 449 g/mol.